The van der Waals surface area contributed by atoms with E-state index in [0.717, 1.165) is 25.2 Å². The maximum absolute atomic E-state index is 12.4. The molecule has 1 amide bonds. The van der Waals surface area contributed by atoms with Gasteiger partial charge in [-0.15, -0.1) is 0 Å². The first-order valence-electron chi connectivity index (χ1n) is 6.01. The largest absolute Gasteiger partial charge is 0.372 e. The van der Waals surface area contributed by atoms with Crippen molar-refractivity contribution in [2.24, 2.45) is 0 Å². The highest BCUT2D eigenvalue weighted by atomic mass is 35.5. The van der Waals surface area contributed by atoms with Crippen molar-refractivity contribution >= 4 is 23.2 Å². The molecular formula is C13H18ClFN2O. The second kappa shape index (κ2) is 7.93. The van der Waals surface area contributed by atoms with Gasteiger partial charge < -0.3 is 10.2 Å². The van der Waals surface area contributed by atoms with Gasteiger partial charge in [0.15, 0.2) is 0 Å². The highest BCUT2D eigenvalue weighted by Crippen LogP contribution is 2.12. The summed E-state index contributed by atoms with van der Waals surface area (Å²) in [6.45, 7) is 4.19. The molecule has 5 heteroatoms. The summed E-state index contributed by atoms with van der Waals surface area (Å²) in [5.74, 6) is -0.764. The number of hydrogen-bond donors (Lipinski definition) is 1. The van der Waals surface area contributed by atoms with E-state index in [9.17, 15) is 9.18 Å². The van der Waals surface area contributed by atoms with E-state index in [-0.39, 0.29) is 0 Å². The Labute approximate surface area is 112 Å². The zero-order chi connectivity index (χ0) is 13.4. The molecule has 0 aliphatic rings. The molecule has 0 aromatic heterocycles. The van der Waals surface area contributed by atoms with Crippen molar-refractivity contribution in [2.45, 2.75) is 19.0 Å². The third kappa shape index (κ3) is 4.92. The number of amides is 1. The lowest BCUT2D eigenvalue weighted by atomic mass is 10.2. The number of nitrogens with one attached hydrogen (secondary N) is 1. The van der Waals surface area contributed by atoms with Crippen molar-refractivity contribution < 1.29 is 9.18 Å². The van der Waals surface area contributed by atoms with Crippen LogP contribution in [0.2, 0.25) is 0 Å². The van der Waals surface area contributed by atoms with Crippen LogP contribution >= 0.6 is 11.6 Å². The Balaban J connectivity index is 2.31. The van der Waals surface area contributed by atoms with Crippen LogP contribution in [-0.2, 0) is 4.79 Å². The number of carbonyl (C=O) groups excluding carboxylic acids is 1. The maximum Gasteiger partial charge on any atom is 0.270 e. The average Bonchev–Trinajstić information content (AvgIpc) is 2.39. The SMILES string of the molecule is CCN(CCCNC(=O)C(F)Cl)c1ccccc1. The molecule has 0 fully saturated rings. The van der Waals surface area contributed by atoms with Crippen LogP contribution in [0.5, 0.6) is 0 Å². The molecule has 1 rings (SSSR count). The number of benzene rings is 1. The fourth-order valence-electron chi connectivity index (χ4n) is 1.67. The number of hydrogen-bond acceptors (Lipinski definition) is 2. The quantitative estimate of drug-likeness (QED) is 0.611. The lowest BCUT2D eigenvalue weighted by Crippen LogP contribution is -2.32. The summed E-state index contributed by atoms with van der Waals surface area (Å²) in [5, 5.41) is 2.44. The molecular weight excluding hydrogens is 255 g/mol. The van der Waals surface area contributed by atoms with Crippen molar-refractivity contribution in [3.05, 3.63) is 30.3 Å². The summed E-state index contributed by atoms with van der Waals surface area (Å²) in [4.78, 5) is 13.1. The molecule has 3 nitrogen and oxygen atoms in total. The number of rotatable bonds is 7. The van der Waals surface area contributed by atoms with E-state index in [1.54, 1.807) is 0 Å². The van der Waals surface area contributed by atoms with E-state index in [1.165, 1.54) is 0 Å². The smallest absolute Gasteiger partial charge is 0.270 e. The molecule has 1 aromatic rings. The predicted molar refractivity (Wildman–Crippen MR) is 72.7 cm³/mol. The number of anilines is 1. The lowest BCUT2D eigenvalue weighted by Gasteiger charge is -2.23. The monoisotopic (exact) mass is 272 g/mol. The second-order valence-corrected chi connectivity index (χ2v) is 4.24. The molecule has 1 unspecified atom stereocenters. The van der Waals surface area contributed by atoms with Gasteiger partial charge in [0.05, 0.1) is 0 Å². The highest BCUT2D eigenvalue weighted by molar-refractivity contribution is 6.29. The van der Waals surface area contributed by atoms with Crippen molar-refractivity contribution in [2.75, 3.05) is 24.5 Å². The predicted octanol–water partition coefficient (Wildman–Crippen LogP) is 2.55. The summed E-state index contributed by atoms with van der Waals surface area (Å²) in [6, 6.07) is 10.0. The Morgan fingerprint density at radius 1 is 1.44 bits per heavy atom. The van der Waals surface area contributed by atoms with E-state index in [1.807, 2.05) is 30.3 Å². The fraction of sp³-hybridized carbons (Fsp3) is 0.462. The molecule has 0 bridgehead atoms. The van der Waals surface area contributed by atoms with Crippen LogP contribution in [0.4, 0.5) is 10.1 Å². The summed E-state index contributed by atoms with van der Waals surface area (Å²) in [5.41, 5.74) is -0.812. The van der Waals surface area contributed by atoms with Crippen LogP contribution in [0.1, 0.15) is 13.3 Å². The minimum absolute atomic E-state index is 0.426. The number of halogens is 2. The highest BCUT2D eigenvalue weighted by Gasteiger charge is 2.11. The molecule has 0 radical (unpaired) electrons. The normalized spacial score (nSPS) is 11.9. The molecule has 0 aliphatic heterocycles. The summed E-state index contributed by atoms with van der Waals surface area (Å²) in [6.07, 6.45) is 0.748. The van der Waals surface area contributed by atoms with E-state index in [4.69, 9.17) is 11.6 Å². The second-order valence-electron chi connectivity index (χ2n) is 3.86. The Morgan fingerprint density at radius 3 is 2.67 bits per heavy atom. The van der Waals surface area contributed by atoms with Crippen LogP contribution in [0, 0.1) is 0 Å². The van der Waals surface area contributed by atoms with Gasteiger partial charge in [0.25, 0.3) is 11.5 Å². The van der Waals surface area contributed by atoms with Crippen molar-refractivity contribution in [1.82, 2.24) is 5.32 Å². The zero-order valence-electron chi connectivity index (χ0n) is 10.4. The van der Waals surface area contributed by atoms with Gasteiger partial charge in [-0.1, -0.05) is 29.8 Å². The van der Waals surface area contributed by atoms with Crippen molar-refractivity contribution in [1.29, 1.82) is 0 Å². The van der Waals surface area contributed by atoms with Gasteiger partial charge in [0, 0.05) is 25.3 Å². The first-order chi connectivity index (χ1) is 8.65. The number of nitrogens with zero attached hydrogens (tertiary/aromatic N) is 1. The number of para-hydroxylation sites is 1. The van der Waals surface area contributed by atoms with Gasteiger partial charge in [0.2, 0.25) is 0 Å². The molecule has 1 aromatic carbocycles. The topological polar surface area (TPSA) is 32.3 Å². The van der Waals surface area contributed by atoms with Crippen LogP contribution in [0.15, 0.2) is 30.3 Å². The Morgan fingerprint density at radius 2 is 2.11 bits per heavy atom. The number of alkyl halides is 2. The van der Waals surface area contributed by atoms with Crippen LogP contribution < -0.4 is 10.2 Å². The van der Waals surface area contributed by atoms with E-state index in [0.29, 0.717) is 6.54 Å². The molecule has 0 aliphatic carbocycles. The molecule has 1 atom stereocenters. The minimum Gasteiger partial charge on any atom is -0.372 e. The molecule has 0 saturated heterocycles. The van der Waals surface area contributed by atoms with Gasteiger partial charge >= 0.3 is 0 Å². The summed E-state index contributed by atoms with van der Waals surface area (Å²) < 4.78 is 12.4. The molecule has 0 heterocycles. The Kier molecular flexibility index (Phi) is 6.50. The molecule has 0 spiro atoms. The number of carbonyl (C=O) groups is 1. The molecule has 18 heavy (non-hydrogen) atoms. The zero-order valence-corrected chi connectivity index (χ0v) is 11.2. The Hall–Kier alpha value is -1.29. The first-order valence-corrected chi connectivity index (χ1v) is 6.44. The maximum atomic E-state index is 12.4. The minimum atomic E-state index is -1.96. The Bertz CT molecular complexity index is 359. The van der Waals surface area contributed by atoms with Gasteiger partial charge in [-0.3, -0.25) is 4.79 Å². The third-order valence-electron chi connectivity index (χ3n) is 2.61. The summed E-state index contributed by atoms with van der Waals surface area (Å²) >= 11 is 5.00. The van der Waals surface area contributed by atoms with E-state index >= 15 is 0 Å². The van der Waals surface area contributed by atoms with Gasteiger partial charge in [-0.25, -0.2) is 4.39 Å². The first kappa shape index (κ1) is 14.8. The molecule has 100 valence electrons. The van der Waals surface area contributed by atoms with Gasteiger partial charge in [-0.2, -0.15) is 0 Å². The average molecular weight is 273 g/mol. The van der Waals surface area contributed by atoms with Gasteiger partial charge in [0.1, 0.15) is 0 Å². The van der Waals surface area contributed by atoms with Gasteiger partial charge in [-0.05, 0) is 25.5 Å². The van der Waals surface area contributed by atoms with Crippen LogP contribution in [0.3, 0.4) is 0 Å². The van der Waals surface area contributed by atoms with Crippen LogP contribution in [-0.4, -0.2) is 31.2 Å². The molecule has 0 saturated carbocycles. The molecule has 1 N–H and O–H groups in total. The summed E-state index contributed by atoms with van der Waals surface area (Å²) in [7, 11) is 0. The fourth-order valence-corrected chi connectivity index (χ4v) is 1.74. The van der Waals surface area contributed by atoms with Crippen molar-refractivity contribution in [3.63, 3.8) is 0 Å². The van der Waals surface area contributed by atoms with Crippen molar-refractivity contribution in [3.8, 4) is 0 Å². The van der Waals surface area contributed by atoms with E-state index in [2.05, 4.69) is 17.1 Å². The van der Waals surface area contributed by atoms with Crippen LogP contribution in [0.25, 0.3) is 0 Å². The lowest BCUT2D eigenvalue weighted by molar-refractivity contribution is -0.123. The standard InChI is InChI=1S/C13H18ClFN2O/c1-2-17(11-7-4-3-5-8-11)10-6-9-16-13(18)12(14)15/h3-5,7-8,12H,2,6,9-10H2,1H3,(H,16,18). The third-order valence-corrected chi connectivity index (χ3v) is 2.80. The van der Waals surface area contributed by atoms with E-state index < -0.39 is 11.5 Å².